The third-order valence-corrected chi connectivity index (χ3v) is 4.79. The maximum Gasteiger partial charge on any atom is 0.294 e. The lowest BCUT2D eigenvalue weighted by atomic mass is 10.2. The van der Waals surface area contributed by atoms with Crippen molar-refractivity contribution in [1.82, 2.24) is 30.7 Å². The summed E-state index contributed by atoms with van der Waals surface area (Å²) >= 11 is 0. The van der Waals surface area contributed by atoms with Crippen LogP contribution in [0.4, 0.5) is 5.82 Å². The summed E-state index contributed by atoms with van der Waals surface area (Å²) in [4.78, 5) is 14.1. The molecule has 0 unspecified atom stereocenters. The number of rotatable bonds is 11. The van der Waals surface area contributed by atoms with Gasteiger partial charge in [-0.1, -0.05) is 19.1 Å². The topological polar surface area (TPSA) is 151 Å². The first-order valence-electron chi connectivity index (χ1n) is 10.4. The fourth-order valence-corrected chi connectivity index (χ4v) is 3.30. The Hall–Kier alpha value is -3.80. The minimum absolute atomic E-state index is 0.0631. The highest BCUT2D eigenvalue weighted by Gasteiger charge is 2.26. The minimum atomic E-state index is -0.488. The molecule has 0 aliphatic heterocycles. The lowest BCUT2D eigenvalue weighted by Crippen LogP contribution is -3.10. The second-order valence-corrected chi connectivity index (χ2v) is 7.17. The lowest BCUT2D eigenvalue weighted by molar-refractivity contribution is -0.914. The Balaban J connectivity index is 1.83. The molecular formula is C20H28N9O3+. The van der Waals surface area contributed by atoms with Gasteiger partial charge in [-0.2, -0.15) is 9.78 Å². The number of methoxy groups -OCH3 is 1. The molecule has 2 aromatic heterocycles. The number of aromatic nitrogens is 5. The van der Waals surface area contributed by atoms with E-state index in [1.165, 1.54) is 15.8 Å². The third kappa shape index (κ3) is 5.46. The second-order valence-electron chi connectivity index (χ2n) is 7.17. The van der Waals surface area contributed by atoms with Gasteiger partial charge in [0.05, 0.1) is 26.4 Å². The molecule has 0 spiro atoms. The van der Waals surface area contributed by atoms with Crippen LogP contribution in [0.5, 0.6) is 5.75 Å². The van der Waals surface area contributed by atoms with Crippen molar-refractivity contribution in [3.8, 4) is 11.6 Å². The number of nitrogen functional groups attached to an aromatic ring is 1. The van der Waals surface area contributed by atoms with Crippen LogP contribution in [0.15, 0.2) is 34.0 Å². The summed E-state index contributed by atoms with van der Waals surface area (Å²) in [7, 11) is 1.60. The van der Waals surface area contributed by atoms with E-state index in [0.29, 0.717) is 12.2 Å². The van der Waals surface area contributed by atoms with E-state index in [1.54, 1.807) is 7.11 Å². The molecule has 3 aromatic rings. The van der Waals surface area contributed by atoms with Crippen molar-refractivity contribution in [2.24, 2.45) is 5.10 Å². The Morgan fingerprint density at radius 3 is 2.56 bits per heavy atom. The largest absolute Gasteiger partial charge is 0.497 e. The smallest absolute Gasteiger partial charge is 0.294 e. The number of carbonyl (C=O) groups excluding carboxylic acids is 1. The number of nitrogens with two attached hydrogens (primary N) is 1. The zero-order chi connectivity index (χ0) is 22.9. The molecule has 12 nitrogen and oxygen atoms in total. The first-order chi connectivity index (χ1) is 15.6. The van der Waals surface area contributed by atoms with Crippen LogP contribution < -0.4 is 20.8 Å². The Labute approximate surface area is 185 Å². The van der Waals surface area contributed by atoms with Crippen molar-refractivity contribution in [2.45, 2.75) is 33.2 Å². The molecule has 4 N–H and O–H groups in total. The molecule has 0 aliphatic rings. The number of nitrogens with zero attached hydrogens (tertiary/aromatic N) is 6. The molecular weight excluding hydrogens is 414 g/mol. The van der Waals surface area contributed by atoms with Crippen LogP contribution in [0.25, 0.3) is 5.82 Å². The van der Waals surface area contributed by atoms with E-state index in [0.717, 1.165) is 37.2 Å². The molecule has 0 radical (unpaired) electrons. The predicted octanol–water partition coefficient (Wildman–Crippen LogP) is 0.210. The number of anilines is 1. The molecule has 0 saturated carbocycles. The van der Waals surface area contributed by atoms with E-state index in [9.17, 15) is 4.79 Å². The van der Waals surface area contributed by atoms with Gasteiger partial charge in [-0.3, -0.25) is 4.79 Å². The average molecular weight is 443 g/mol. The van der Waals surface area contributed by atoms with Gasteiger partial charge < -0.3 is 15.4 Å². The van der Waals surface area contributed by atoms with E-state index < -0.39 is 5.91 Å². The molecule has 32 heavy (non-hydrogen) atoms. The number of nitrogens with one attached hydrogen (secondary N) is 2. The molecule has 170 valence electrons. The third-order valence-electron chi connectivity index (χ3n) is 4.79. The number of hydrogen-bond donors (Lipinski definition) is 3. The Morgan fingerprint density at radius 1 is 1.25 bits per heavy atom. The summed E-state index contributed by atoms with van der Waals surface area (Å²) in [5, 5.41) is 19.6. The zero-order valence-corrected chi connectivity index (χ0v) is 18.4. The highest BCUT2D eigenvalue weighted by molar-refractivity contribution is 5.94. The molecule has 2 heterocycles. The Bertz CT molecular complexity index is 1040. The number of benzene rings is 1. The van der Waals surface area contributed by atoms with Crippen LogP contribution >= 0.6 is 0 Å². The number of quaternary nitrogens is 1. The molecule has 3 rings (SSSR count). The van der Waals surface area contributed by atoms with Crippen LogP contribution in [-0.2, 0) is 6.54 Å². The molecule has 0 aliphatic carbocycles. The molecule has 0 fully saturated rings. The van der Waals surface area contributed by atoms with Gasteiger partial charge in [0, 0.05) is 0 Å². The number of hydrogen-bond acceptors (Lipinski definition) is 9. The fourth-order valence-electron chi connectivity index (χ4n) is 3.30. The summed E-state index contributed by atoms with van der Waals surface area (Å²) in [6.07, 6.45) is 3.53. The van der Waals surface area contributed by atoms with Gasteiger partial charge in [0.25, 0.3) is 5.91 Å². The highest BCUT2D eigenvalue weighted by atomic mass is 16.6. The molecule has 0 saturated heterocycles. The van der Waals surface area contributed by atoms with Crippen LogP contribution in [0, 0.1) is 0 Å². The summed E-state index contributed by atoms with van der Waals surface area (Å²) in [6.45, 7) is 6.61. The molecule has 0 bridgehead atoms. The normalized spacial score (nSPS) is 11.4. The number of carbonyl (C=O) groups is 1. The fraction of sp³-hybridized carbons (Fsp3) is 0.400. The summed E-state index contributed by atoms with van der Waals surface area (Å²) in [6, 6.07) is 7.27. The zero-order valence-electron chi connectivity index (χ0n) is 18.4. The lowest BCUT2D eigenvalue weighted by Gasteiger charge is -2.18. The maximum atomic E-state index is 12.9. The number of ether oxygens (including phenoxy) is 1. The van der Waals surface area contributed by atoms with Crippen molar-refractivity contribution < 1.29 is 19.1 Å². The number of hydrazone groups is 1. The maximum absolute atomic E-state index is 12.9. The van der Waals surface area contributed by atoms with Crippen LogP contribution in [0.3, 0.4) is 0 Å². The quantitative estimate of drug-likeness (QED) is 0.282. The van der Waals surface area contributed by atoms with Crippen molar-refractivity contribution in [2.75, 3.05) is 25.9 Å². The van der Waals surface area contributed by atoms with Crippen molar-refractivity contribution in [3.63, 3.8) is 0 Å². The predicted molar refractivity (Wildman–Crippen MR) is 117 cm³/mol. The second kappa shape index (κ2) is 11.0. The Kier molecular flexibility index (Phi) is 7.86. The molecule has 0 atom stereocenters. The van der Waals surface area contributed by atoms with E-state index in [-0.39, 0.29) is 17.3 Å². The van der Waals surface area contributed by atoms with Gasteiger partial charge in [0.2, 0.25) is 11.6 Å². The van der Waals surface area contributed by atoms with Crippen LogP contribution in [-0.4, -0.2) is 57.6 Å². The van der Waals surface area contributed by atoms with Gasteiger partial charge >= 0.3 is 0 Å². The Morgan fingerprint density at radius 2 is 1.97 bits per heavy atom. The molecule has 12 heteroatoms. The van der Waals surface area contributed by atoms with E-state index in [4.69, 9.17) is 15.1 Å². The standard InChI is InChI=1S/C20H27N9O3/c1-4-10-28(11-5-2)13-16-17(23-27-29(16)19-18(21)25-32-26-19)20(30)24-22-12-14-6-8-15(31-3)9-7-14/h6-9,12H,4-5,10-11,13H2,1-3H3,(H2,21,25)(H,24,30)/p+1. The monoisotopic (exact) mass is 442 g/mol. The van der Waals surface area contributed by atoms with E-state index >= 15 is 0 Å². The van der Waals surface area contributed by atoms with Gasteiger partial charge in [0.1, 0.15) is 18.0 Å². The first kappa shape index (κ1) is 22.9. The van der Waals surface area contributed by atoms with Crippen molar-refractivity contribution in [1.29, 1.82) is 0 Å². The minimum Gasteiger partial charge on any atom is -0.497 e. The number of amides is 1. The van der Waals surface area contributed by atoms with Crippen LogP contribution in [0.2, 0.25) is 0 Å². The molecule has 1 amide bonds. The summed E-state index contributed by atoms with van der Waals surface area (Å²) < 4.78 is 11.2. The van der Waals surface area contributed by atoms with Gasteiger partial charge in [-0.05, 0) is 53.0 Å². The summed E-state index contributed by atoms with van der Waals surface area (Å²) in [5.41, 5.74) is 9.86. The van der Waals surface area contributed by atoms with E-state index in [1.807, 2.05) is 24.3 Å². The highest BCUT2D eigenvalue weighted by Crippen LogP contribution is 2.15. The van der Waals surface area contributed by atoms with Crippen molar-refractivity contribution >= 4 is 17.9 Å². The van der Waals surface area contributed by atoms with E-state index in [2.05, 4.69) is 45.0 Å². The van der Waals surface area contributed by atoms with Crippen molar-refractivity contribution in [3.05, 3.63) is 41.2 Å². The van der Waals surface area contributed by atoms with Gasteiger partial charge in [-0.25, -0.2) is 10.1 Å². The van der Waals surface area contributed by atoms with Crippen LogP contribution in [0.1, 0.15) is 48.4 Å². The summed E-state index contributed by atoms with van der Waals surface area (Å²) in [5.74, 6) is 0.507. The van der Waals surface area contributed by atoms with Gasteiger partial charge in [0.15, 0.2) is 5.69 Å². The molecule has 1 aromatic carbocycles. The average Bonchev–Trinajstić information content (AvgIpc) is 3.40. The van der Waals surface area contributed by atoms with Gasteiger partial charge in [-0.15, -0.1) is 5.10 Å². The SMILES string of the molecule is CCC[NH+](CCC)Cc1c(C(=O)NN=Cc2ccc(OC)cc2)nnn1-c1nonc1N. The first-order valence-corrected chi connectivity index (χ1v) is 10.4.